The summed E-state index contributed by atoms with van der Waals surface area (Å²) < 4.78 is 4.98. The highest BCUT2D eigenvalue weighted by Gasteiger charge is 2.24. The standard InChI is InChI=1S/C19H20N2O5/c1-13-7-9-15(10-8-13)20-17(22)11-16(18(23)24)21-19(25)26-12-14-5-3-2-4-6-14/h2-10,16H,11-12H2,1H3,(H,20,22)(H,21,25)(H,23,24)/t16-/m0/s1. The minimum atomic E-state index is -1.39. The SMILES string of the molecule is Cc1ccc(NC(=O)C[C@H](NC(=O)OCc2ccccc2)C(=O)O)cc1. The number of carboxylic acid groups (broad SMARTS) is 1. The Hall–Kier alpha value is -3.35. The average molecular weight is 356 g/mol. The summed E-state index contributed by atoms with van der Waals surface area (Å²) in [4.78, 5) is 35.1. The number of ether oxygens (including phenoxy) is 1. The van der Waals surface area contributed by atoms with Gasteiger partial charge in [0.2, 0.25) is 5.91 Å². The number of rotatable bonds is 7. The van der Waals surface area contributed by atoms with Gasteiger partial charge < -0.3 is 20.5 Å². The summed E-state index contributed by atoms with van der Waals surface area (Å²) >= 11 is 0. The topological polar surface area (TPSA) is 105 Å². The van der Waals surface area contributed by atoms with E-state index in [0.29, 0.717) is 5.69 Å². The minimum Gasteiger partial charge on any atom is -0.480 e. The molecule has 3 N–H and O–H groups in total. The molecule has 1 atom stereocenters. The van der Waals surface area contributed by atoms with Gasteiger partial charge in [0.1, 0.15) is 12.6 Å². The van der Waals surface area contributed by atoms with Crippen LogP contribution in [0.3, 0.4) is 0 Å². The number of carboxylic acids is 1. The monoisotopic (exact) mass is 356 g/mol. The highest BCUT2D eigenvalue weighted by atomic mass is 16.5. The van der Waals surface area contributed by atoms with E-state index in [1.54, 1.807) is 36.4 Å². The zero-order valence-electron chi connectivity index (χ0n) is 14.3. The molecule has 2 aromatic carbocycles. The van der Waals surface area contributed by atoms with Gasteiger partial charge >= 0.3 is 12.1 Å². The van der Waals surface area contributed by atoms with Crippen molar-refractivity contribution >= 4 is 23.7 Å². The van der Waals surface area contributed by atoms with E-state index in [9.17, 15) is 19.5 Å². The minimum absolute atomic E-state index is 0.00851. The largest absolute Gasteiger partial charge is 0.480 e. The molecule has 7 nitrogen and oxygen atoms in total. The fourth-order valence-corrected chi connectivity index (χ4v) is 2.14. The molecule has 0 saturated heterocycles. The molecule has 0 spiro atoms. The Labute approximate surface area is 151 Å². The molecule has 7 heteroatoms. The normalized spacial score (nSPS) is 11.3. The second kappa shape index (κ2) is 9.22. The van der Waals surface area contributed by atoms with Crippen LogP contribution in [0.15, 0.2) is 54.6 Å². The molecule has 0 aromatic heterocycles. The molecule has 2 amide bonds. The molecule has 0 radical (unpaired) electrons. The second-order valence-electron chi connectivity index (χ2n) is 5.72. The van der Waals surface area contributed by atoms with Crippen LogP contribution in [0.4, 0.5) is 10.5 Å². The number of nitrogens with one attached hydrogen (secondary N) is 2. The first-order valence-electron chi connectivity index (χ1n) is 8.00. The lowest BCUT2D eigenvalue weighted by Gasteiger charge is -2.14. The van der Waals surface area contributed by atoms with Crippen LogP contribution in [0.2, 0.25) is 0 Å². The van der Waals surface area contributed by atoms with E-state index >= 15 is 0 Å². The Bertz CT molecular complexity index is 759. The van der Waals surface area contributed by atoms with Crippen LogP contribution in [0, 0.1) is 6.92 Å². The lowest BCUT2D eigenvalue weighted by atomic mass is 10.2. The van der Waals surface area contributed by atoms with Gasteiger partial charge in [0.05, 0.1) is 6.42 Å². The van der Waals surface area contributed by atoms with Crippen LogP contribution in [-0.2, 0) is 20.9 Å². The van der Waals surface area contributed by atoms with Crippen LogP contribution >= 0.6 is 0 Å². The first-order chi connectivity index (χ1) is 12.4. The van der Waals surface area contributed by atoms with E-state index in [4.69, 9.17) is 4.74 Å². The van der Waals surface area contributed by atoms with E-state index in [-0.39, 0.29) is 6.61 Å². The number of benzene rings is 2. The third-order valence-electron chi connectivity index (χ3n) is 3.53. The van der Waals surface area contributed by atoms with Crippen molar-refractivity contribution in [3.63, 3.8) is 0 Å². The van der Waals surface area contributed by atoms with Crippen LogP contribution in [0.25, 0.3) is 0 Å². The van der Waals surface area contributed by atoms with Crippen LogP contribution < -0.4 is 10.6 Å². The predicted molar refractivity (Wildman–Crippen MR) is 95.6 cm³/mol. The smallest absolute Gasteiger partial charge is 0.408 e. The third kappa shape index (κ3) is 6.27. The average Bonchev–Trinajstić information content (AvgIpc) is 2.62. The lowest BCUT2D eigenvalue weighted by Crippen LogP contribution is -2.43. The quantitative estimate of drug-likeness (QED) is 0.707. The molecule has 26 heavy (non-hydrogen) atoms. The zero-order valence-corrected chi connectivity index (χ0v) is 14.3. The molecular weight excluding hydrogens is 336 g/mol. The molecule has 0 bridgehead atoms. The Morgan fingerprint density at radius 3 is 2.31 bits per heavy atom. The summed E-state index contributed by atoms with van der Waals surface area (Å²) in [5.41, 5.74) is 2.36. The van der Waals surface area contributed by atoms with Gasteiger partial charge in [-0.05, 0) is 24.6 Å². The van der Waals surface area contributed by atoms with Gasteiger partial charge in [-0.3, -0.25) is 4.79 Å². The van der Waals surface area contributed by atoms with Crippen molar-refractivity contribution in [3.8, 4) is 0 Å². The van der Waals surface area contributed by atoms with Gasteiger partial charge in [-0.15, -0.1) is 0 Å². The molecule has 0 unspecified atom stereocenters. The molecule has 136 valence electrons. The van der Waals surface area contributed by atoms with Gasteiger partial charge in [-0.25, -0.2) is 9.59 Å². The third-order valence-corrected chi connectivity index (χ3v) is 3.53. The number of carbonyl (C=O) groups excluding carboxylic acids is 2. The van der Waals surface area contributed by atoms with Gasteiger partial charge in [0, 0.05) is 5.69 Å². The summed E-state index contributed by atoms with van der Waals surface area (Å²) in [6.45, 7) is 1.92. The van der Waals surface area contributed by atoms with E-state index in [0.717, 1.165) is 11.1 Å². The van der Waals surface area contributed by atoms with E-state index in [1.165, 1.54) is 0 Å². The molecule has 0 fully saturated rings. The van der Waals surface area contributed by atoms with E-state index < -0.39 is 30.4 Å². The van der Waals surface area contributed by atoms with Gasteiger partial charge in [-0.1, -0.05) is 48.0 Å². The van der Waals surface area contributed by atoms with Crippen LogP contribution in [0.5, 0.6) is 0 Å². The maximum Gasteiger partial charge on any atom is 0.408 e. The zero-order chi connectivity index (χ0) is 18.9. The van der Waals surface area contributed by atoms with Crippen LogP contribution in [0.1, 0.15) is 17.5 Å². The Morgan fingerprint density at radius 1 is 1.04 bits per heavy atom. The van der Waals surface area contributed by atoms with Crippen molar-refractivity contribution < 1.29 is 24.2 Å². The summed E-state index contributed by atoms with van der Waals surface area (Å²) in [7, 11) is 0. The van der Waals surface area contributed by atoms with Crippen molar-refractivity contribution in [2.45, 2.75) is 26.0 Å². The Kier molecular flexibility index (Phi) is 6.73. The molecule has 2 rings (SSSR count). The number of anilines is 1. The maximum absolute atomic E-state index is 12.0. The fraction of sp³-hybridized carbons (Fsp3) is 0.211. The maximum atomic E-state index is 12.0. The Balaban J connectivity index is 1.85. The number of aliphatic carboxylic acids is 1. The van der Waals surface area contributed by atoms with E-state index in [1.807, 2.05) is 25.1 Å². The molecule has 2 aromatic rings. The fourth-order valence-electron chi connectivity index (χ4n) is 2.14. The van der Waals surface area contributed by atoms with Gasteiger partial charge in [-0.2, -0.15) is 0 Å². The van der Waals surface area contributed by atoms with E-state index in [2.05, 4.69) is 10.6 Å². The number of alkyl carbamates (subject to hydrolysis) is 1. The summed E-state index contributed by atoms with van der Waals surface area (Å²) in [6, 6.07) is 14.7. The van der Waals surface area contributed by atoms with Crippen molar-refractivity contribution in [1.82, 2.24) is 5.32 Å². The molecule has 0 aliphatic rings. The molecule has 0 aliphatic carbocycles. The summed E-state index contributed by atoms with van der Waals surface area (Å²) in [5.74, 6) is -1.84. The summed E-state index contributed by atoms with van der Waals surface area (Å²) in [5, 5.41) is 14.0. The predicted octanol–water partition coefficient (Wildman–Crippen LogP) is 2.70. The molecular formula is C19H20N2O5. The first kappa shape index (κ1) is 19.0. The number of hydrogen-bond donors (Lipinski definition) is 3. The second-order valence-corrected chi connectivity index (χ2v) is 5.72. The van der Waals surface area contributed by atoms with Gasteiger partial charge in [0.25, 0.3) is 0 Å². The Morgan fingerprint density at radius 2 is 1.69 bits per heavy atom. The summed E-state index contributed by atoms with van der Waals surface area (Å²) in [6.07, 6.45) is -1.31. The van der Waals surface area contributed by atoms with Crippen molar-refractivity contribution in [1.29, 1.82) is 0 Å². The van der Waals surface area contributed by atoms with Gasteiger partial charge in [0.15, 0.2) is 0 Å². The number of hydrogen-bond acceptors (Lipinski definition) is 4. The van der Waals surface area contributed by atoms with Crippen LogP contribution in [-0.4, -0.2) is 29.1 Å². The molecule has 0 heterocycles. The number of aryl methyl sites for hydroxylation is 1. The number of amides is 2. The van der Waals surface area contributed by atoms with Crippen molar-refractivity contribution in [2.24, 2.45) is 0 Å². The highest BCUT2D eigenvalue weighted by Crippen LogP contribution is 2.09. The number of carbonyl (C=O) groups is 3. The van der Waals surface area contributed by atoms with Crippen molar-refractivity contribution in [3.05, 3.63) is 65.7 Å². The molecule has 0 aliphatic heterocycles. The van der Waals surface area contributed by atoms with Crippen molar-refractivity contribution in [2.75, 3.05) is 5.32 Å². The lowest BCUT2D eigenvalue weighted by molar-refractivity contribution is -0.140. The highest BCUT2D eigenvalue weighted by molar-refractivity contribution is 5.94. The molecule has 0 saturated carbocycles. The first-order valence-corrected chi connectivity index (χ1v) is 8.00.